The molecule has 2 atom stereocenters. The number of carbonyl (C=O) groups excluding carboxylic acids is 1. The minimum Gasteiger partial charge on any atom is -0.384 e. The molecule has 3 heterocycles. The fourth-order valence-electron chi connectivity index (χ4n) is 4.00. The number of aromatic nitrogens is 1. The monoisotopic (exact) mass is 503 g/mol. The predicted octanol–water partition coefficient (Wildman–Crippen LogP) is 4.09. The normalized spacial score (nSPS) is 18.8. The van der Waals surface area contributed by atoms with Gasteiger partial charge in [-0.2, -0.15) is 18.3 Å². The Labute approximate surface area is 205 Å². The lowest BCUT2D eigenvalue weighted by Crippen LogP contribution is -2.38. The van der Waals surface area contributed by atoms with Crippen LogP contribution in [0.4, 0.5) is 17.6 Å². The molecule has 1 aromatic heterocycles. The van der Waals surface area contributed by atoms with Crippen molar-refractivity contribution >= 4 is 17.5 Å². The number of amidine groups is 1. The molecule has 0 aliphatic carbocycles. The summed E-state index contributed by atoms with van der Waals surface area (Å²) in [5.74, 6) is -1.75. The molecule has 2 aliphatic heterocycles. The van der Waals surface area contributed by atoms with Crippen LogP contribution in [0.2, 0.25) is 0 Å². The van der Waals surface area contributed by atoms with Gasteiger partial charge in [-0.05, 0) is 52.0 Å². The highest BCUT2D eigenvalue weighted by atomic mass is 19.4. The Morgan fingerprint density at radius 2 is 1.97 bits per heavy atom. The number of hydrazone groups is 1. The van der Waals surface area contributed by atoms with Crippen LogP contribution in [-0.2, 0) is 16.6 Å². The maximum atomic E-state index is 14.6. The largest absolute Gasteiger partial charge is 0.419 e. The molecule has 2 aromatic rings. The van der Waals surface area contributed by atoms with E-state index in [0.29, 0.717) is 35.4 Å². The molecule has 7 nitrogen and oxygen atoms in total. The van der Waals surface area contributed by atoms with E-state index in [1.54, 1.807) is 31.0 Å². The van der Waals surface area contributed by atoms with Gasteiger partial charge in [-0.15, -0.1) is 0 Å². The second kappa shape index (κ2) is 9.12. The molecular weight excluding hydrogens is 478 g/mol. The highest BCUT2D eigenvalue weighted by Gasteiger charge is 2.36. The number of nitrogens with zero attached hydrogens (tertiary/aromatic N) is 4. The molecule has 0 unspecified atom stereocenters. The molecule has 1 aromatic carbocycles. The van der Waals surface area contributed by atoms with Crippen molar-refractivity contribution in [1.29, 1.82) is 0 Å². The number of halogens is 4. The Morgan fingerprint density at radius 1 is 1.25 bits per heavy atom. The van der Waals surface area contributed by atoms with Crippen molar-refractivity contribution < 1.29 is 27.5 Å². The lowest BCUT2D eigenvalue weighted by Gasteiger charge is -2.24. The molecule has 0 radical (unpaired) electrons. The molecule has 1 amide bonds. The van der Waals surface area contributed by atoms with Crippen LogP contribution in [0.3, 0.4) is 0 Å². The van der Waals surface area contributed by atoms with Crippen LogP contribution in [-0.4, -0.2) is 45.1 Å². The topological polar surface area (TPSA) is 90.2 Å². The van der Waals surface area contributed by atoms with Crippen molar-refractivity contribution in [2.45, 2.75) is 51.6 Å². The first-order valence-corrected chi connectivity index (χ1v) is 11.3. The number of hydrogen-bond donors (Lipinski definition) is 2. The Bertz CT molecular complexity index is 1290. The van der Waals surface area contributed by atoms with Gasteiger partial charge >= 0.3 is 6.18 Å². The van der Waals surface area contributed by atoms with Crippen LogP contribution >= 0.6 is 0 Å². The molecule has 190 valence electrons. The van der Waals surface area contributed by atoms with E-state index in [0.717, 1.165) is 6.07 Å². The van der Waals surface area contributed by atoms with E-state index in [2.05, 4.69) is 20.4 Å². The molecule has 0 fully saturated rings. The number of amides is 1. The van der Waals surface area contributed by atoms with Gasteiger partial charge in [0.2, 0.25) is 0 Å². The van der Waals surface area contributed by atoms with Gasteiger partial charge in [-0.3, -0.25) is 14.8 Å². The van der Waals surface area contributed by atoms with Crippen molar-refractivity contribution in [3.63, 3.8) is 0 Å². The standard InChI is InChI=1S/C25H25F4N5O2/c1-13-12-34-22(31-13)17(11-19(33-34)15-8-9-30-20(10-15)24(3,4)36)23(35)32-14(2)16-6-5-7-18(21(16)26)25(27,28)29/h5-11,13-14,36H,12H2,1-4H3,(H,32,35)/t13-,14-/m1/s1. The number of rotatable bonds is 5. The summed E-state index contributed by atoms with van der Waals surface area (Å²) in [5.41, 5.74) is -1.31. The molecule has 0 saturated carbocycles. The van der Waals surface area contributed by atoms with Gasteiger partial charge in [0.05, 0.1) is 41.2 Å². The van der Waals surface area contributed by atoms with E-state index in [-0.39, 0.29) is 17.2 Å². The van der Waals surface area contributed by atoms with E-state index >= 15 is 0 Å². The quantitative estimate of drug-likeness (QED) is 0.602. The summed E-state index contributed by atoms with van der Waals surface area (Å²) in [5, 5.41) is 19.1. The Balaban J connectivity index is 1.67. The highest BCUT2D eigenvalue weighted by molar-refractivity contribution is 6.28. The summed E-state index contributed by atoms with van der Waals surface area (Å²) < 4.78 is 54.1. The molecule has 0 bridgehead atoms. The zero-order chi connectivity index (χ0) is 26.4. The second-order valence-electron chi connectivity index (χ2n) is 9.32. The van der Waals surface area contributed by atoms with Gasteiger partial charge in [0.15, 0.2) is 5.84 Å². The van der Waals surface area contributed by atoms with Gasteiger partial charge in [-0.1, -0.05) is 12.1 Å². The SMILES string of the molecule is C[C@@H]1CN2N=C(c3ccnc(C(C)(C)O)c3)C=C(C(=O)N[C@H](C)c3cccc(C(F)(F)F)c3F)C2=N1. The third kappa shape index (κ3) is 5.01. The minimum atomic E-state index is -4.86. The molecule has 36 heavy (non-hydrogen) atoms. The molecule has 11 heteroatoms. The molecule has 0 saturated heterocycles. The van der Waals surface area contributed by atoms with Crippen LogP contribution < -0.4 is 5.32 Å². The van der Waals surface area contributed by atoms with Gasteiger partial charge in [0, 0.05) is 17.3 Å². The summed E-state index contributed by atoms with van der Waals surface area (Å²) in [6, 6.07) is 5.09. The smallest absolute Gasteiger partial charge is 0.384 e. The zero-order valence-corrected chi connectivity index (χ0v) is 20.1. The number of aliphatic hydroxyl groups is 1. The summed E-state index contributed by atoms with van der Waals surface area (Å²) in [4.78, 5) is 21.9. The van der Waals surface area contributed by atoms with Gasteiger partial charge in [0.1, 0.15) is 11.4 Å². The fraction of sp³-hybridized carbons (Fsp3) is 0.360. The van der Waals surface area contributed by atoms with Crippen molar-refractivity contribution in [3.05, 3.63) is 76.4 Å². The van der Waals surface area contributed by atoms with E-state index in [1.807, 2.05) is 6.92 Å². The van der Waals surface area contributed by atoms with Crippen LogP contribution in [0.1, 0.15) is 56.1 Å². The molecule has 4 rings (SSSR count). The van der Waals surface area contributed by atoms with Gasteiger partial charge in [0.25, 0.3) is 5.91 Å². The van der Waals surface area contributed by atoms with Crippen molar-refractivity contribution in [2.75, 3.05) is 6.54 Å². The van der Waals surface area contributed by atoms with Crippen LogP contribution in [0.25, 0.3) is 0 Å². The van der Waals surface area contributed by atoms with Crippen molar-refractivity contribution in [2.24, 2.45) is 10.1 Å². The van der Waals surface area contributed by atoms with Crippen molar-refractivity contribution in [3.8, 4) is 0 Å². The summed E-state index contributed by atoms with van der Waals surface area (Å²) in [6.45, 7) is 6.87. The maximum Gasteiger partial charge on any atom is 0.419 e. The number of pyridine rings is 1. The van der Waals surface area contributed by atoms with Gasteiger partial charge in [-0.25, -0.2) is 9.40 Å². The zero-order valence-electron chi connectivity index (χ0n) is 20.1. The molecule has 2 aliphatic rings. The van der Waals surface area contributed by atoms with Crippen LogP contribution in [0.15, 0.2) is 58.3 Å². The number of nitrogens with one attached hydrogen (secondary N) is 1. The number of aliphatic imine (C=N–C) groups is 1. The molecular formula is C25H25F4N5O2. The van der Waals surface area contributed by atoms with Crippen LogP contribution in [0, 0.1) is 5.82 Å². The Kier molecular flexibility index (Phi) is 6.46. The average Bonchev–Trinajstić information content (AvgIpc) is 3.17. The van der Waals surface area contributed by atoms with E-state index in [9.17, 15) is 27.5 Å². The van der Waals surface area contributed by atoms with Gasteiger partial charge < -0.3 is 10.4 Å². The maximum absolute atomic E-state index is 14.6. The summed E-state index contributed by atoms with van der Waals surface area (Å²) in [7, 11) is 0. The minimum absolute atomic E-state index is 0.144. The predicted molar refractivity (Wildman–Crippen MR) is 126 cm³/mol. The highest BCUT2D eigenvalue weighted by Crippen LogP contribution is 2.34. The van der Waals surface area contributed by atoms with Crippen molar-refractivity contribution in [1.82, 2.24) is 15.3 Å². The van der Waals surface area contributed by atoms with E-state index in [4.69, 9.17) is 0 Å². The first kappa shape index (κ1) is 25.5. The van der Waals surface area contributed by atoms with E-state index < -0.39 is 35.1 Å². The first-order valence-electron chi connectivity index (χ1n) is 11.3. The molecule has 0 spiro atoms. The number of fused-ring (bicyclic) bond motifs is 1. The summed E-state index contributed by atoms with van der Waals surface area (Å²) in [6.07, 6.45) is -1.82. The Morgan fingerprint density at radius 3 is 2.64 bits per heavy atom. The third-order valence-corrected chi connectivity index (χ3v) is 5.85. The number of benzene rings is 1. The number of alkyl halides is 3. The van der Waals surface area contributed by atoms with E-state index in [1.165, 1.54) is 25.3 Å². The average molecular weight is 504 g/mol. The number of allylic oxidation sites excluding steroid dienone is 1. The lowest BCUT2D eigenvalue weighted by atomic mass is 9.99. The van der Waals surface area contributed by atoms with Crippen LogP contribution in [0.5, 0.6) is 0 Å². The number of carbonyl (C=O) groups is 1. The third-order valence-electron chi connectivity index (χ3n) is 5.85. The first-order chi connectivity index (χ1) is 16.8. The second-order valence-corrected chi connectivity index (χ2v) is 9.32. The summed E-state index contributed by atoms with van der Waals surface area (Å²) >= 11 is 0. The Hall–Kier alpha value is -3.60. The lowest BCUT2D eigenvalue weighted by molar-refractivity contribution is -0.140. The molecule has 2 N–H and O–H groups in total. The number of hydrogen-bond acceptors (Lipinski definition) is 6. The fourth-order valence-corrected chi connectivity index (χ4v) is 4.00.